The third-order valence-corrected chi connectivity index (χ3v) is 6.29. The SMILES string of the molecule is Cc1ccc(-n2cnnc2S[C@H](C(=O)N2CCCC2)c2ccccc2)c(C)c1. The molecule has 4 rings (SSSR count). The van der Waals surface area contributed by atoms with Gasteiger partial charge in [-0.2, -0.15) is 0 Å². The number of hydrogen-bond acceptors (Lipinski definition) is 4. The Morgan fingerprint density at radius 3 is 2.54 bits per heavy atom. The lowest BCUT2D eigenvalue weighted by molar-refractivity contribution is -0.129. The van der Waals surface area contributed by atoms with E-state index in [4.69, 9.17) is 0 Å². The molecule has 1 aliphatic rings. The Hall–Kier alpha value is -2.60. The van der Waals surface area contributed by atoms with E-state index in [1.54, 1.807) is 6.33 Å². The molecule has 1 atom stereocenters. The number of nitrogens with zero attached hydrogens (tertiary/aromatic N) is 4. The molecule has 0 spiro atoms. The first-order valence-corrected chi connectivity index (χ1v) is 10.5. The Kier molecular flexibility index (Phi) is 5.48. The van der Waals surface area contributed by atoms with E-state index in [2.05, 4.69) is 42.2 Å². The summed E-state index contributed by atoms with van der Waals surface area (Å²) >= 11 is 1.48. The van der Waals surface area contributed by atoms with Gasteiger partial charge in [-0.05, 0) is 43.9 Å². The first-order chi connectivity index (χ1) is 13.6. The van der Waals surface area contributed by atoms with E-state index in [9.17, 15) is 4.79 Å². The Bertz CT molecular complexity index is 964. The standard InChI is InChI=1S/C22H24N4OS/c1-16-10-11-19(17(2)14-16)26-15-23-24-22(26)28-20(18-8-4-3-5-9-18)21(27)25-12-6-7-13-25/h3-5,8-11,14-15,20H,6-7,12-13H2,1-2H3/t20-/m0/s1. The first-order valence-electron chi connectivity index (χ1n) is 9.61. The first kappa shape index (κ1) is 18.7. The van der Waals surface area contributed by atoms with E-state index in [0.29, 0.717) is 0 Å². The molecule has 1 saturated heterocycles. The molecule has 0 saturated carbocycles. The van der Waals surface area contributed by atoms with Crippen LogP contribution in [0.5, 0.6) is 0 Å². The van der Waals surface area contributed by atoms with Gasteiger partial charge in [0.2, 0.25) is 5.91 Å². The highest BCUT2D eigenvalue weighted by atomic mass is 32.2. The van der Waals surface area contributed by atoms with Gasteiger partial charge in [-0.1, -0.05) is 59.8 Å². The number of carbonyl (C=O) groups excluding carboxylic acids is 1. The van der Waals surface area contributed by atoms with Gasteiger partial charge in [0.1, 0.15) is 11.6 Å². The van der Waals surface area contributed by atoms with Crippen LogP contribution in [0.4, 0.5) is 0 Å². The highest BCUT2D eigenvalue weighted by Gasteiger charge is 2.30. The Morgan fingerprint density at radius 2 is 1.82 bits per heavy atom. The normalized spacial score (nSPS) is 15.0. The summed E-state index contributed by atoms with van der Waals surface area (Å²) in [6, 6.07) is 16.3. The van der Waals surface area contributed by atoms with Crippen molar-refractivity contribution < 1.29 is 4.79 Å². The largest absolute Gasteiger partial charge is 0.341 e. The Balaban J connectivity index is 1.68. The number of hydrogen-bond donors (Lipinski definition) is 0. The quantitative estimate of drug-likeness (QED) is 0.606. The number of likely N-dealkylation sites (tertiary alicyclic amines) is 1. The number of amides is 1. The number of benzene rings is 2. The van der Waals surface area contributed by atoms with Gasteiger partial charge in [0.25, 0.3) is 0 Å². The van der Waals surface area contributed by atoms with Crippen LogP contribution < -0.4 is 0 Å². The predicted octanol–water partition coefficient (Wildman–Crippen LogP) is 4.34. The second-order valence-electron chi connectivity index (χ2n) is 7.21. The lowest BCUT2D eigenvalue weighted by Gasteiger charge is -2.23. The molecule has 2 aromatic carbocycles. The van der Waals surface area contributed by atoms with Crippen LogP contribution in [0.15, 0.2) is 60.0 Å². The summed E-state index contributed by atoms with van der Waals surface area (Å²) in [4.78, 5) is 15.3. The second kappa shape index (κ2) is 8.19. The van der Waals surface area contributed by atoms with E-state index < -0.39 is 0 Å². The van der Waals surface area contributed by atoms with Crippen molar-refractivity contribution >= 4 is 17.7 Å². The highest BCUT2D eigenvalue weighted by molar-refractivity contribution is 8.00. The molecule has 0 radical (unpaired) electrons. The zero-order valence-electron chi connectivity index (χ0n) is 16.2. The topological polar surface area (TPSA) is 51.0 Å². The molecule has 144 valence electrons. The molecular weight excluding hydrogens is 368 g/mol. The van der Waals surface area contributed by atoms with Gasteiger partial charge >= 0.3 is 0 Å². The van der Waals surface area contributed by atoms with Crippen LogP contribution in [0.3, 0.4) is 0 Å². The van der Waals surface area contributed by atoms with Crippen LogP contribution in [-0.2, 0) is 4.79 Å². The molecular formula is C22H24N4OS. The van der Waals surface area contributed by atoms with Gasteiger partial charge in [0, 0.05) is 13.1 Å². The molecule has 3 aromatic rings. The van der Waals surface area contributed by atoms with E-state index >= 15 is 0 Å². The molecule has 1 amide bonds. The number of thioether (sulfide) groups is 1. The minimum Gasteiger partial charge on any atom is -0.341 e. The average molecular weight is 393 g/mol. The Morgan fingerprint density at radius 1 is 1.07 bits per heavy atom. The van der Waals surface area contributed by atoms with Gasteiger partial charge < -0.3 is 4.90 Å². The summed E-state index contributed by atoms with van der Waals surface area (Å²) in [6.45, 7) is 5.85. The molecule has 28 heavy (non-hydrogen) atoms. The minimum absolute atomic E-state index is 0.156. The van der Waals surface area contributed by atoms with Crippen LogP contribution in [0.1, 0.15) is 34.8 Å². The summed E-state index contributed by atoms with van der Waals surface area (Å²) in [6.07, 6.45) is 3.88. The smallest absolute Gasteiger partial charge is 0.240 e. The molecule has 0 aliphatic carbocycles. The van der Waals surface area contributed by atoms with Crippen LogP contribution in [-0.4, -0.2) is 38.7 Å². The average Bonchev–Trinajstić information content (AvgIpc) is 3.39. The lowest BCUT2D eigenvalue weighted by atomic mass is 10.1. The van der Waals surface area contributed by atoms with Gasteiger partial charge in [-0.25, -0.2) is 0 Å². The molecule has 0 unspecified atom stereocenters. The van der Waals surface area contributed by atoms with E-state index in [1.165, 1.54) is 17.3 Å². The van der Waals surface area contributed by atoms with Crippen LogP contribution in [0.2, 0.25) is 0 Å². The maximum atomic E-state index is 13.3. The molecule has 1 aliphatic heterocycles. The van der Waals surface area contributed by atoms with Crippen molar-refractivity contribution in [3.8, 4) is 5.69 Å². The fraction of sp³-hybridized carbons (Fsp3) is 0.318. The second-order valence-corrected chi connectivity index (χ2v) is 8.29. The van der Waals surface area contributed by atoms with E-state index in [-0.39, 0.29) is 11.2 Å². The van der Waals surface area contributed by atoms with Crippen LogP contribution in [0, 0.1) is 13.8 Å². The molecule has 1 aromatic heterocycles. The number of rotatable bonds is 5. The molecule has 5 nitrogen and oxygen atoms in total. The third-order valence-electron chi connectivity index (χ3n) is 5.10. The zero-order valence-corrected chi connectivity index (χ0v) is 17.0. The van der Waals surface area contributed by atoms with Gasteiger partial charge in [0.05, 0.1) is 5.69 Å². The van der Waals surface area contributed by atoms with Crippen molar-refractivity contribution in [2.24, 2.45) is 0 Å². The fourth-order valence-electron chi connectivity index (χ4n) is 3.64. The summed E-state index contributed by atoms with van der Waals surface area (Å²) < 4.78 is 1.98. The monoisotopic (exact) mass is 392 g/mol. The number of carbonyl (C=O) groups is 1. The maximum Gasteiger partial charge on any atom is 0.240 e. The molecule has 2 heterocycles. The minimum atomic E-state index is -0.326. The number of aryl methyl sites for hydroxylation is 2. The maximum absolute atomic E-state index is 13.3. The summed E-state index contributed by atoms with van der Waals surface area (Å²) in [5, 5.41) is 8.87. The van der Waals surface area contributed by atoms with Gasteiger partial charge in [-0.3, -0.25) is 9.36 Å². The van der Waals surface area contributed by atoms with E-state index in [1.807, 2.05) is 39.8 Å². The van der Waals surface area contributed by atoms with Crippen LogP contribution in [0.25, 0.3) is 5.69 Å². The van der Waals surface area contributed by atoms with E-state index in [0.717, 1.165) is 47.9 Å². The predicted molar refractivity (Wildman–Crippen MR) is 112 cm³/mol. The summed E-state index contributed by atoms with van der Waals surface area (Å²) in [7, 11) is 0. The van der Waals surface area contributed by atoms with Gasteiger partial charge in [0.15, 0.2) is 5.16 Å². The van der Waals surface area contributed by atoms with Crippen molar-refractivity contribution in [2.75, 3.05) is 13.1 Å². The number of aromatic nitrogens is 3. The van der Waals surface area contributed by atoms with Crippen molar-refractivity contribution in [3.05, 3.63) is 71.5 Å². The Labute approximate surface area is 169 Å². The van der Waals surface area contributed by atoms with Crippen molar-refractivity contribution in [3.63, 3.8) is 0 Å². The zero-order chi connectivity index (χ0) is 19.5. The fourth-order valence-corrected chi connectivity index (χ4v) is 4.75. The molecule has 1 fully saturated rings. The van der Waals surface area contributed by atoms with Crippen molar-refractivity contribution in [2.45, 2.75) is 37.1 Å². The van der Waals surface area contributed by atoms with Crippen molar-refractivity contribution in [1.29, 1.82) is 0 Å². The molecule has 0 bridgehead atoms. The van der Waals surface area contributed by atoms with Crippen LogP contribution >= 0.6 is 11.8 Å². The van der Waals surface area contributed by atoms with Gasteiger partial charge in [-0.15, -0.1) is 10.2 Å². The third kappa shape index (κ3) is 3.83. The molecule has 0 N–H and O–H groups in total. The molecule has 6 heteroatoms. The summed E-state index contributed by atoms with van der Waals surface area (Å²) in [5.41, 5.74) is 4.41. The summed E-state index contributed by atoms with van der Waals surface area (Å²) in [5.74, 6) is 0.156. The lowest BCUT2D eigenvalue weighted by Crippen LogP contribution is -2.31. The van der Waals surface area contributed by atoms with Crippen molar-refractivity contribution in [1.82, 2.24) is 19.7 Å². The highest BCUT2D eigenvalue weighted by Crippen LogP contribution is 2.37.